The number of anilines is 1. The Morgan fingerprint density at radius 1 is 1.09 bits per heavy atom. The molecule has 0 amide bonds. The number of piperazine rings is 1. The minimum Gasteiger partial charge on any atom is -0.497 e. The molecule has 0 bridgehead atoms. The highest BCUT2D eigenvalue weighted by Gasteiger charge is 2.34. The minimum absolute atomic E-state index is 0.100. The van der Waals surface area contributed by atoms with Crippen LogP contribution in [-0.4, -0.2) is 78.2 Å². The van der Waals surface area contributed by atoms with Crippen LogP contribution in [0, 0.1) is 5.82 Å². The van der Waals surface area contributed by atoms with E-state index < -0.39 is 0 Å². The third-order valence-corrected chi connectivity index (χ3v) is 6.81. The van der Waals surface area contributed by atoms with Gasteiger partial charge < -0.3 is 19.1 Å². The molecule has 0 unspecified atom stereocenters. The number of rotatable bonds is 8. The topological polar surface area (TPSA) is 77.8 Å². The van der Waals surface area contributed by atoms with Crippen LogP contribution in [0.25, 0.3) is 0 Å². The fourth-order valence-electron chi connectivity index (χ4n) is 5.00. The fourth-order valence-corrected chi connectivity index (χ4v) is 5.00. The molecule has 0 aliphatic carbocycles. The standard InChI is InChI=1S/C25H31FN6O3/c1-33-18-9-10-23(34-2)20(16-18)24(25-27-28-29-32(25)17-19-6-5-15-35-19)31-13-11-30(12-14-31)22-8-4-3-7-21(22)26/h3-4,7-10,16,19,24H,5-6,11-15,17H2,1-2H3/t19-,24-/m1/s1. The molecular weight excluding hydrogens is 451 g/mol. The highest BCUT2D eigenvalue weighted by Crippen LogP contribution is 2.37. The Labute approximate surface area is 204 Å². The Hall–Kier alpha value is -3.24. The molecule has 0 N–H and O–H groups in total. The fraction of sp³-hybridized carbons (Fsp3) is 0.480. The lowest BCUT2D eigenvalue weighted by Crippen LogP contribution is -2.48. The van der Waals surface area contributed by atoms with E-state index in [4.69, 9.17) is 14.2 Å². The summed E-state index contributed by atoms with van der Waals surface area (Å²) in [5.41, 5.74) is 1.56. The largest absolute Gasteiger partial charge is 0.497 e. The summed E-state index contributed by atoms with van der Waals surface area (Å²) in [4.78, 5) is 4.41. The molecule has 3 heterocycles. The van der Waals surface area contributed by atoms with Gasteiger partial charge in [0.2, 0.25) is 0 Å². The van der Waals surface area contributed by atoms with E-state index in [0.717, 1.165) is 42.3 Å². The monoisotopic (exact) mass is 482 g/mol. The Balaban J connectivity index is 1.47. The molecular formula is C25H31FN6O3. The lowest BCUT2D eigenvalue weighted by Gasteiger charge is -2.40. The molecule has 2 saturated heterocycles. The van der Waals surface area contributed by atoms with Crippen molar-refractivity contribution in [3.63, 3.8) is 0 Å². The van der Waals surface area contributed by atoms with Crippen LogP contribution >= 0.6 is 0 Å². The highest BCUT2D eigenvalue weighted by atomic mass is 19.1. The summed E-state index contributed by atoms with van der Waals surface area (Å²) in [5.74, 6) is 1.99. The first-order valence-electron chi connectivity index (χ1n) is 12.0. The number of hydrogen-bond acceptors (Lipinski definition) is 8. The maximum absolute atomic E-state index is 14.4. The first kappa shape index (κ1) is 23.5. The number of methoxy groups -OCH3 is 2. The number of aromatic nitrogens is 4. The number of benzene rings is 2. The van der Waals surface area contributed by atoms with Crippen LogP contribution in [0.1, 0.15) is 30.3 Å². The summed E-state index contributed by atoms with van der Waals surface area (Å²) in [6.45, 7) is 4.12. The minimum atomic E-state index is -0.265. The molecule has 0 saturated carbocycles. The van der Waals surface area contributed by atoms with Crippen LogP contribution in [0.3, 0.4) is 0 Å². The molecule has 3 aromatic rings. The van der Waals surface area contributed by atoms with Crippen LogP contribution < -0.4 is 14.4 Å². The summed E-state index contributed by atoms with van der Waals surface area (Å²) in [5, 5.41) is 12.8. The average molecular weight is 483 g/mol. The third kappa shape index (κ3) is 4.94. The average Bonchev–Trinajstić information content (AvgIpc) is 3.58. The zero-order valence-corrected chi connectivity index (χ0v) is 20.1. The molecule has 10 heteroatoms. The molecule has 35 heavy (non-hydrogen) atoms. The maximum Gasteiger partial charge on any atom is 0.173 e. The van der Waals surface area contributed by atoms with Crippen molar-refractivity contribution < 1.29 is 18.6 Å². The van der Waals surface area contributed by atoms with E-state index in [1.807, 2.05) is 35.0 Å². The summed E-state index contributed by atoms with van der Waals surface area (Å²) >= 11 is 0. The van der Waals surface area contributed by atoms with Gasteiger partial charge >= 0.3 is 0 Å². The zero-order valence-electron chi connectivity index (χ0n) is 20.1. The van der Waals surface area contributed by atoms with Crippen molar-refractivity contribution in [1.29, 1.82) is 0 Å². The van der Waals surface area contributed by atoms with Crippen LogP contribution in [-0.2, 0) is 11.3 Å². The predicted molar refractivity (Wildman–Crippen MR) is 128 cm³/mol. The second kappa shape index (κ2) is 10.6. The molecule has 0 spiro atoms. The molecule has 2 atom stereocenters. The number of tetrazole rings is 1. The molecule has 2 aliphatic heterocycles. The summed E-state index contributed by atoms with van der Waals surface area (Å²) in [7, 11) is 3.31. The summed E-state index contributed by atoms with van der Waals surface area (Å²) in [6.07, 6.45) is 2.14. The molecule has 9 nitrogen and oxygen atoms in total. The van der Waals surface area contributed by atoms with Gasteiger partial charge in [0.05, 0.1) is 32.6 Å². The van der Waals surface area contributed by atoms with Crippen LogP contribution in [0.4, 0.5) is 10.1 Å². The number of ether oxygens (including phenoxy) is 3. The maximum atomic E-state index is 14.4. The van der Waals surface area contributed by atoms with E-state index in [2.05, 4.69) is 25.3 Å². The van der Waals surface area contributed by atoms with Gasteiger partial charge in [-0.3, -0.25) is 4.90 Å². The van der Waals surface area contributed by atoms with Crippen LogP contribution in [0.2, 0.25) is 0 Å². The van der Waals surface area contributed by atoms with Crippen molar-refractivity contribution in [3.8, 4) is 11.5 Å². The lowest BCUT2D eigenvalue weighted by atomic mass is 10.0. The van der Waals surface area contributed by atoms with Crippen molar-refractivity contribution in [3.05, 3.63) is 59.7 Å². The van der Waals surface area contributed by atoms with Crippen molar-refractivity contribution in [1.82, 2.24) is 25.1 Å². The third-order valence-electron chi connectivity index (χ3n) is 6.81. The van der Waals surface area contributed by atoms with Gasteiger partial charge in [-0.2, -0.15) is 0 Å². The molecule has 1 aromatic heterocycles. The van der Waals surface area contributed by atoms with E-state index >= 15 is 0 Å². The van der Waals surface area contributed by atoms with Crippen molar-refractivity contribution in [2.24, 2.45) is 0 Å². The van der Waals surface area contributed by atoms with Gasteiger partial charge in [0, 0.05) is 38.3 Å². The van der Waals surface area contributed by atoms with Crippen LogP contribution in [0.5, 0.6) is 11.5 Å². The Morgan fingerprint density at radius 3 is 2.63 bits per heavy atom. The highest BCUT2D eigenvalue weighted by molar-refractivity contribution is 5.48. The SMILES string of the molecule is COc1ccc(OC)c([C@H](c2nnnn2C[C@H]2CCCO2)N2CCN(c3ccccc3F)CC2)c1. The van der Waals surface area contributed by atoms with Crippen molar-refractivity contribution in [2.45, 2.75) is 31.5 Å². The molecule has 2 aliphatic rings. The van der Waals surface area contributed by atoms with Gasteiger partial charge in [-0.25, -0.2) is 9.07 Å². The van der Waals surface area contributed by atoms with Gasteiger partial charge in [-0.15, -0.1) is 5.10 Å². The number of halogens is 1. The molecule has 0 radical (unpaired) electrons. The molecule has 2 fully saturated rings. The van der Waals surface area contributed by atoms with Gasteiger partial charge in [0.1, 0.15) is 23.4 Å². The summed E-state index contributed by atoms with van der Waals surface area (Å²) < 4.78 is 33.4. The number of hydrogen-bond donors (Lipinski definition) is 0. The quantitative estimate of drug-likeness (QED) is 0.485. The van der Waals surface area contributed by atoms with Crippen molar-refractivity contribution in [2.75, 3.05) is 51.9 Å². The van der Waals surface area contributed by atoms with Gasteiger partial charge in [0.25, 0.3) is 0 Å². The van der Waals surface area contributed by atoms with Crippen molar-refractivity contribution >= 4 is 5.69 Å². The zero-order chi connectivity index (χ0) is 24.2. The molecule has 2 aromatic carbocycles. The molecule has 5 rings (SSSR count). The van der Waals surface area contributed by atoms with Gasteiger partial charge in [-0.1, -0.05) is 12.1 Å². The lowest BCUT2D eigenvalue weighted by molar-refractivity contribution is 0.0906. The second-order valence-corrected chi connectivity index (χ2v) is 8.84. The van der Waals surface area contributed by atoms with E-state index in [0.29, 0.717) is 38.4 Å². The number of nitrogens with zero attached hydrogens (tertiary/aromatic N) is 6. The predicted octanol–water partition coefficient (Wildman–Crippen LogP) is 2.92. The first-order valence-corrected chi connectivity index (χ1v) is 12.0. The van der Waals surface area contributed by atoms with Crippen LogP contribution in [0.15, 0.2) is 42.5 Å². The number of para-hydroxylation sites is 1. The first-order chi connectivity index (χ1) is 17.2. The summed E-state index contributed by atoms with van der Waals surface area (Å²) in [6, 6.07) is 12.4. The van der Waals surface area contributed by atoms with Gasteiger partial charge in [0.15, 0.2) is 5.82 Å². The van der Waals surface area contributed by atoms with E-state index in [1.165, 1.54) is 6.07 Å². The smallest absolute Gasteiger partial charge is 0.173 e. The Kier molecular flexibility index (Phi) is 7.10. The van der Waals surface area contributed by atoms with E-state index in [-0.39, 0.29) is 18.0 Å². The Bertz CT molecular complexity index is 1130. The molecule has 186 valence electrons. The Morgan fingerprint density at radius 2 is 1.91 bits per heavy atom. The van der Waals surface area contributed by atoms with Gasteiger partial charge in [-0.05, 0) is 53.6 Å². The van der Waals surface area contributed by atoms with E-state index in [1.54, 1.807) is 20.3 Å². The van der Waals surface area contributed by atoms with E-state index in [9.17, 15) is 4.39 Å². The normalized spacial score (nSPS) is 19.6. The second-order valence-electron chi connectivity index (χ2n) is 8.84.